The number of aromatic nitrogens is 6. The van der Waals surface area contributed by atoms with E-state index < -0.39 is 11.6 Å². The molecule has 0 amide bonds. The topological polar surface area (TPSA) is 138 Å². The number of ether oxygens (including phenoxy) is 3. The highest BCUT2D eigenvalue weighted by Crippen LogP contribution is 2.35. The predicted octanol–water partition coefficient (Wildman–Crippen LogP) is 12.1. The number of aromatic hydroxyl groups is 1. The van der Waals surface area contributed by atoms with Gasteiger partial charge >= 0.3 is 0 Å². The minimum atomic E-state index is -0.558. The summed E-state index contributed by atoms with van der Waals surface area (Å²) in [6, 6.07) is 17.7. The number of likely N-dealkylation sites (tertiary alicyclic amines) is 2. The van der Waals surface area contributed by atoms with Crippen LogP contribution in [0.15, 0.2) is 73.3 Å². The summed E-state index contributed by atoms with van der Waals surface area (Å²) >= 11 is 6.10. The molecule has 0 aliphatic carbocycles. The lowest BCUT2D eigenvalue weighted by molar-refractivity contribution is 0.204. The summed E-state index contributed by atoms with van der Waals surface area (Å²) in [7, 11) is 0. The molecular weight excluding hydrogens is 874 g/mol. The summed E-state index contributed by atoms with van der Waals surface area (Å²) in [5.41, 5.74) is 6.81. The Kier molecular flexibility index (Phi) is 15.7. The van der Waals surface area contributed by atoms with Crippen LogP contribution in [0.5, 0.6) is 28.9 Å². The van der Waals surface area contributed by atoms with Gasteiger partial charge in [0.15, 0.2) is 23.1 Å². The van der Waals surface area contributed by atoms with Gasteiger partial charge in [0, 0.05) is 63.8 Å². The number of rotatable bonds is 12. The lowest BCUT2D eigenvalue weighted by Crippen LogP contribution is -2.31. The Hall–Kier alpha value is -6.09. The molecule has 0 bridgehead atoms. The number of nitrogens with zero attached hydrogens (tertiary/aromatic N) is 6. The van der Waals surface area contributed by atoms with Crippen molar-refractivity contribution in [1.82, 2.24) is 39.7 Å². The molecule has 6 heterocycles. The number of nitrogens with one attached hydrogen (secondary N) is 2. The van der Waals surface area contributed by atoms with Gasteiger partial charge in [0.1, 0.15) is 29.3 Å². The minimum Gasteiger partial charge on any atom is -0.505 e. The minimum absolute atomic E-state index is 0.136. The van der Waals surface area contributed by atoms with E-state index >= 15 is 4.39 Å². The highest BCUT2D eigenvalue weighted by molar-refractivity contribution is 6.34. The molecule has 67 heavy (non-hydrogen) atoms. The molecule has 0 atom stereocenters. The monoisotopic (exact) mass is 932 g/mol. The first-order valence-corrected chi connectivity index (χ1v) is 23.7. The third-order valence-electron chi connectivity index (χ3n) is 12.3. The zero-order chi connectivity index (χ0) is 46.9. The normalized spacial score (nSPS) is 14.5. The van der Waals surface area contributed by atoms with Gasteiger partial charge in [-0.3, -0.25) is 0 Å². The van der Waals surface area contributed by atoms with Crippen molar-refractivity contribution in [3.05, 3.63) is 113 Å². The maximum Gasteiger partial charge on any atom is 0.230 e. The van der Waals surface area contributed by atoms with E-state index in [0.29, 0.717) is 39.4 Å². The van der Waals surface area contributed by atoms with Crippen LogP contribution in [0.4, 0.5) is 8.78 Å². The number of H-pyrrole nitrogens is 2. The third-order valence-corrected chi connectivity index (χ3v) is 12.6. The molecule has 4 aromatic heterocycles. The zero-order valence-electron chi connectivity index (χ0n) is 38.7. The van der Waals surface area contributed by atoms with Crippen molar-refractivity contribution in [2.45, 2.75) is 79.1 Å². The Morgan fingerprint density at radius 2 is 1.09 bits per heavy atom. The van der Waals surface area contributed by atoms with Crippen molar-refractivity contribution < 1.29 is 28.1 Å². The van der Waals surface area contributed by atoms with Crippen molar-refractivity contribution in [2.24, 2.45) is 0 Å². The maximum absolute atomic E-state index is 15.0. The van der Waals surface area contributed by atoms with E-state index in [0.717, 1.165) is 88.4 Å². The molecule has 15 heteroatoms. The molecular formula is C52H59ClF2N8O4. The smallest absolute Gasteiger partial charge is 0.230 e. The molecule has 2 fully saturated rings. The highest BCUT2D eigenvalue weighted by atomic mass is 35.5. The van der Waals surface area contributed by atoms with Gasteiger partial charge < -0.3 is 39.1 Å². The van der Waals surface area contributed by atoms with E-state index in [-0.39, 0.29) is 11.5 Å². The molecule has 10 rings (SSSR count). The number of hydrogen-bond acceptors (Lipinski definition) is 10. The molecule has 2 saturated heterocycles. The summed E-state index contributed by atoms with van der Waals surface area (Å²) in [4.78, 5) is 28.1. The molecule has 12 nitrogen and oxygen atoms in total. The molecule has 0 spiro atoms. The average molecular weight is 934 g/mol. The van der Waals surface area contributed by atoms with Gasteiger partial charge in [-0.15, -0.1) is 0 Å². The van der Waals surface area contributed by atoms with Gasteiger partial charge in [0.2, 0.25) is 5.88 Å². The molecule has 2 aliphatic rings. The standard InChI is InChI=1S/C26H29FN4O2.C17H22ClN3O.C9H8FNO/c1-17-13-20-22(15-24(17)32-12-6-11-31-9-4-3-5-10-31)28-16-29-26(20)33-23-8-7-21-19(25(23)27)14-18(2)30-21;1-13-10-14-15(19-12-20-17(14)18)11-16(13)22-9-5-8-21-6-3-2-4-7-21;1-5-4-6-7(11-5)2-3-8(12)9(6)10/h7-8,13-16,30H,3-6,9-12H2,1-2H3;10-12H,2-9H2,1H3;2-4,11-12H,1H3. The first-order valence-electron chi connectivity index (χ1n) is 23.3. The quantitative estimate of drug-likeness (QED) is 0.0802. The number of aryl methyl sites for hydroxylation is 4. The van der Waals surface area contributed by atoms with Crippen LogP contribution in [0.25, 0.3) is 43.6 Å². The second-order valence-electron chi connectivity index (χ2n) is 17.5. The number of phenols is 1. The van der Waals surface area contributed by atoms with Crippen molar-refractivity contribution in [1.29, 1.82) is 0 Å². The second kappa shape index (κ2) is 22.1. The van der Waals surface area contributed by atoms with Gasteiger partial charge in [-0.25, -0.2) is 28.7 Å². The van der Waals surface area contributed by atoms with Crippen LogP contribution in [0, 0.1) is 39.3 Å². The Morgan fingerprint density at radius 3 is 1.67 bits per heavy atom. The number of fused-ring (bicyclic) bond motifs is 4. The number of phenolic OH excluding ortho intramolecular Hbond substituents is 1. The summed E-state index contributed by atoms with van der Waals surface area (Å²) in [6.45, 7) is 16.2. The molecule has 0 unspecified atom stereocenters. The molecule has 3 N–H and O–H groups in total. The van der Waals surface area contributed by atoms with E-state index in [2.05, 4.69) is 39.7 Å². The molecule has 0 radical (unpaired) electrons. The zero-order valence-corrected chi connectivity index (χ0v) is 39.5. The van der Waals surface area contributed by atoms with E-state index in [1.807, 2.05) is 58.0 Å². The van der Waals surface area contributed by atoms with Crippen molar-refractivity contribution >= 4 is 55.2 Å². The lowest BCUT2D eigenvalue weighted by Gasteiger charge is -2.26. The first kappa shape index (κ1) is 47.4. The molecule has 2 aliphatic heterocycles. The highest BCUT2D eigenvalue weighted by Gasteiger charge is 2.17. The van der Waals surface area contributed by atoms with Gasteiger partial charge in [0.05, 0.1) is 29.6 Å². The van der Waals surface area contributed by atoms with Gasteiger partial charge in [0.25, 0.3) is 0 Å². The Labute approximate surface area is 394 Å². The predicted molar refractivity (Wildman–Crippen MR) is 262 cm³/mol. The summed E-state index contributed by atoms with van der Waals surface area (Å²) in [6.07, 6.45) is 13.0. The Morgan fingerprint density at radius 1 is 0.582 bits per heavy atom. The lowest BCUT2D eigenvalue weighted by atomic mass is 10.1. The van der Waals surface area contributed by atoms with E-state index in [1.165, 1.54) is 83.4 Å². The number of benzene rings is 4. The largest absolute Gasteiger partial charge is 0.505 e. The summed E-state index contributed by atoms with van der Waals surface area (Å²) in [5, 5.41) is 12.1. The van der Waals surface area contributed by atoms with Crippen LogP contribution in [0.1, 0.15) is 73.9 Å². The third kappa shape index (κ3) is 11.9. The van der Waals surface area contributed by atoms with E-state index in [1.54, 1.807) is 24.3 Å². The number of aromatic amines is 2. The van der Waals surface area contributed by atoms with Crippen LogP contribution in [-0.4, -0.2) is 97.3 Å². The second-order valence-corrected chi connectivity index (χ2v) is 17.9. The number of hydrogen-bond donors (Lipinski definition) is 3. The fraction of sp³-hybridized carbons (Fsp3) is 0.385. The Bertz CT molecular complexity index is 2950. The van der Waals surface area contributed by atoms with Crippen molar-refractivity contribution in [3.63, 3.8) is 0 Å². The SMILES string of the molecule is Cc1cc2c(Cl)ncnc2cc1OCCCN1CCCCC1.Cc1cc2c(F)c(O)ccc2[nH]1.Cc1cc2c(F)c(Oc3ncnc4cc(OCCCN5CCCCC5)c(C)cc34)ccc2[nH]1. The molecule has 8 aromatic rings. The van der Waals surface area contributed by atoms with E-state index in [4.69, 9.17) is 30.9 Å². The first-order chi connectivity index (χ1) is 32.5. The van der Waals surface area contributed by atoms with Crippen molar-refractivity contribution in [2.75, 3.05) is 52.5 Å². The number of halogens is 3. The summed E-state index contributed by atoms with van der Waals surface area (Å²) < 4.78 is 46.1. The fourth-order valence-electron chi connectivity index (χ4n) is 8.80. The average Bonchev–Trinajstić information content (AvgIpc) is 3.92. The van der Waals surface area contributed by atoms with Crippen LogP contribution in [0.2, 0.25) is 5.15 Å². The summed E-state index contributed by atoms with van der Waals surface area (Å²) in [5.74, 6) is 0.886. The Balaban J connectivity index is 0.000000153. The van der Waals surface area contributed by atoms with Crippen LogP contribution in [-0.2, 0) is 0 Å². The van der Waals surface area contributed by atoms with Crippen molar-refractivity contribution in [3.8, 4) is 28.9 Å². The molecule has 4 aromatic carbocycles. The molecule has 0 saturated carbocycles. The fourth-order valence-corrected chi connectivity index (χ4v) is 8.99. The number of piperidine rings is 2. The van der Waals surface area contributed by atoms with Crippen LogP contribution >= 0.6 is 11.6 Å². The molecule has 352 valence electrons. The van der Waals surface area contributed by atoms with E-state index in [9.17, 15) is 4.39 Å². The van der Waals surface area contributed by atoms with Gasteiger partial charge in [-0.05, 0) is 152 Å². The van der Waals surface area contributed by atoms with Gasteiger partial charge in [-0.1, -0.05) is 24.4 Å². The van der Waals surface area contributed by atoms with Crippen LogP contribution in [0.3, 0.4) is 0 Å². The maximum atomic E-state index is 15.0. The van der Waals surface area contributed by atoms with Crippen LogP contribution < -0.4 is 14.2 Å². The van der Waals surface area contributed by atoms with Gasteiger partial charge in [-0.2, -0.15) is 0 Å².